The second-order valence-corrected chi connectivity index (χ2v) is 5.34. The number of carbonyl (C=O) groups excluding carboxylic acids is 1. The molecule has 1 aromatic heterocycles. The number of nitrogens with zero attached hydrogens (tertiary/aromatic N) is 1. The van der Waals surface area contributed by atoms with Crippen molar-refractivity contribution in [2.75, 3.05) is 26.2 Å². The summed E-state index contributed by atoms with van der Waals surface area (Å²) in [5.74, 6) is -0.104. The number of rotatable bonds is 6. The summed E-state index contributed by atoms with van der Waals surface area (Å²) in [4.78, 5) is 12.0. The first-order chi connectivity index (χ1) is 9.70. The molecule has 1 aliphatic heterocycles. The molecule has 1 saturated heterocycles. The number of hydrogen-bond donors (Lipinski definition) is 2. The maximum Gasteiger partial charge on any atom is 0.268 e. The molecule has 0 unspecified atom stereocenters. The predicted octanol–water partition coefficient (Wildman–Crippen LogP) is 1.66. The van der Waals surface area contributed by atoms with Gasteiger partial charge in [-0.1, -0.05) is 11.6 Å². The fraction of sp³-hybridized carbons (Fsp3) is 0.643. The number of amides is 1. The van der Waals surface area contributed by atoms with Crippen LogP contribution in [-0.4, -0.2) is 42.8 Å². The summed E-state index contributed by atoms with van der Waals surface area (Å²) >= 11 is 5.92. The number of hydrogen-bond acceptors (Lipinski definition) is 3. The van der Waals surface area contributed by atoms with Crippen molar-refractivity contribution in [3.8, 4) is 0 Å². The number of aryl methyl sites for hydroxylation is 1. The van der Waals surface area contributed by atoms with Gasteiger partial charge in [-0.2, -0.15) is 0 Å². The van der Waals surface area contributed by atoms with E-state index in [-0.39, 0.29) is 5.91 Å². The van der Waals surface area contributed by atoms with Crippen molar-refractivity contribution in [1.82, 2.24) is 15.2 Å². The number of piperidine rings is 1. The van der Waals surface area contributed by atoms with Gasteiger partial charge in [-0.3, -0.25) is 4.79 Å². The standard InChI is InChI=1S/C14H22ClN3O2/c1-2-18-10-11(15)9-13(18)14(19)17-7-8-20-12-3-5-16-6-4-12/h9-10,12,16H,2-8H2,1H3,(H,17,19). The third-order valence-electron chi connectivity index (χ3n) is 3.46. The van der Waals surface area contributed by atoms with Gasteiger partial charge in [0.25, 0.3) is 5.91 Å². The third kappa shape index (κ3) is 4.23. The van der Waals surface area contributed by atoms with E-state index in [2.05, 4.69) is 10.6 Å². The second kappa shape index (κ2) is 7.67. The Balaban J connectivity index is 1.71. The molecule has 1 fully saturated rings. The Kier molecular flexibility index (Phi) is 5.88. The highest BCUT2D eigenvalue weighted by atomic mass is 35.5. The highest BCUT2D eigenvalue weighted by Gasteiger charge is 2.14. The number of halogens is 1. The highest BCUT2D eigenvalue weighted by molar-refractivity contribution is 6.31. The normalized spacial score (nSPS) is 16.3. The molecule has 1 aromatic rings. The topological polar surface area (TPSA) is 55.3 Å². The first kappa shape index (κ1) is 15.4. The van der Waals surface area contributed by atoms with Crippen LogP contribution < -0.4 is 10.6 Å². The van der Waals surface area contributed by atoms with Gasteiger partial charge in [0.05, 0.1) is 17.7 Å². The molecule has 6 heteroatoms. The Morgan fingerprint density at radius 2 is 2.30 bits per heavy atom. The van der Waals surface area contributed by atoms with Crippen LogP contribution in [0.3, 0.4) is 0 Å². The molecule has 1 aliphatic rings. The van der Waals surface area contributed by atoms with Gasteiger partial charge >= 0.3 is 0 Å². The monoisotopic (exact) mass is 299 g/mol. The molecule has 112 valence electrons. The lowest BCUT2D eigenvalue weighted by Crippen LogP contribution is -2.35. The fourth-order valence-corrected chi connectivity index (χ4v) is 2.59. The van der Waals surface area contributed by atoms with E-state index in [4.69, 9.17) is 16.3 Å². The smallest absolute Gasteiger partial charge is 0.268 e. The van der Waals surface area contributed by atoms with Crippen molar-refractivity contribution >= 4 is 17.5 Å². The van der Waals surface area contributed by atoms with Crippen LogP contribution >= 0.6 is 11.6 Å². The minimum Gasteiger partial charge on any atom is -0.376 e. The van der Waals surface area contributed by atoms with E-state index in [1.54, 1.807) is 12.3 Å². The van der Waals surface area contributed by atoms with Crippen LogP contribution in [0.1, 0.15) is 30.3 Å². The van der Waals surface area contributed by atoms with Gasteiger partial charge in [-0.05, 0) is 38.9 Å². The fourth-order valence-electron chi connectivity index (χ4n) is 2.37. The van der Waals surface area contributed by atoms with Crippen LogP contribution in [-0.2, 0) is 11.3 Å². The zero-order valence-electron chi connectivity index (χ0n) is 11.8. The van der Waals surface area contributed by atoms with Crippen LogP contribution in [0.2, 0.25) is 5.02 Å². The summed E-state index contributed by atoms with van der Waals surface area (Å²) in [6.07, 6.45) is 4.18. The molecule has 0 bridgehead atoms. The van der Waals surface area contributed by atoms with Crippen LogP contribution in [0.25, 0.3) is 0 Å². The van der Waals surface area contributed by atoms with Crippen LogP contribution in [0, 0.1) is 0 Å². The SMILES string of the molecule is CCn1cc(Cl)cc1C(=O)NCCOC1CCNCC1. The molecule has 5 nitrogen and oxygen atoms in total. The molecule has 0 aromatic carbocycles. The van der Waals surface area contributed by atoms with Crippen molar-refractivity contribution < 1.29 is 9.53 Å². The first-order valence-electron chi connectivity index (χ1n) is 7.17. The van der Waals surface area contributed by atoms with Gasteiger partial charge < -0.3 is 19.9 Å². The summed E-state index contributed by atoms with van der Waals surface area (Å²) in [7, 11) is 0. The number of carbonyl (C=O) groups is 1. The van der Waals surface area contributed by atoms with E-state index in [0.717, 1.165) is 32.5 Å². The van der Waals surface area contributed by atoms with Crippen molar-refractivity contribution in [3.63, 3.8) is 0 Å². The number of ether oxygens (including phenoxy) is 1. The second-order valence-electron chi connectivity index (χ2n) is 4.91. The maximum atomic E-state index is 12.0. The summed E-state index contributed by atoms with van der Waals surface area (Å²) in [5.41, 5.74) is 0.597. The van der Waals surface area contributed by atoms with Crippen molar-refractivity contribution in [2.24, 2.45) is 0 Å². The Morgan fingerprint density at radius 1 is 1.55 bits per heavy atom. The van der Waals surface area contributed by atoms with E-state index in [1.165, 1.54) is 0 Å². The van der Waals surface area contributed by atoms with Crippen molar-refractivity contribution in [2.45, 2.75) is 32.4 Å². The average Bonchev–Trinajstić information content (AvgIpc) is 2.86. The van der Waals surface area contributed by atoms with E-state index in [0.29, 0.717) is 30.0 Å². The summed E-state index contributed by atoms with van der Waals surface area (Å²) < 4.78 is 7.58. The summed E-state index contributed by atoms with van der Waals surface area (Å²) in [6.45, 7) is 5.81. The lowest BCUT2D eigenvalue weighted by Gasteiger charge is -2.22. The molecular formula is C14H22ClN3O2. The van der Waals surface area contributed by atoms with E-state index < -0.39 is 0 Å². The number of nitrogens with one attached hydrogen (secondary N) is 2. The zero-order valence-corrected chi connectivity index (χ0v) is 12.6. The molecule has 0 spiro atoms. The van der Waals surface area contributed by atoms with Gasteiger partial charge in [0.15, 0.2) is 0 Å². The lowest BCUT2D eigenvalue weighted by molar-refractivity contribution is 0.0343. The van der Waals surface area contributed by atoms with Crippen LogP contribution in [0.5, 0.6) is 0 Å². The zero-order chi connectivity index (χ0) is 14.4. The molecule has 0 saturated carbocycles. The highest BCUT2D eigenvalue weighted by Crippen LogP contribution is 2.14. The molecule has 0 atom stereocenters. The van der Waals surface area contributed by atoms with Crippen molar-refractivity contribution in [1.29, 1.82) is 0 Å². The molecule has 20 heavy (non-hydrogen) atoms. The van der Waals surface area contributed by atoms with Crippen molar-refractivity contribution in [3.05, 3.63) is 23.0 Å². The molecule has 0 aliphatic carbocycles. The quantitative estimate of drug-likeness (QED) is 0.786. The summed E-state index contributed by atoms with van der Waals surface area (Å²) in [5, 5.41) is 6.75. The molecular weight excluding hydrogens is 278 g/mol. The van der Waals surface area contributed by atoms with Gasteiger partial charge in [0, 0.05) is 19.3 Å². The van der Waals surface area contributed by atoms with Gasteiger partial charge in [-0.15, -0.1) is 0 Å². The summed E-state index contributed by atoms with van der Waals surface area (Å²) in [6, 6.07) is 1.69. The number of aromatic nitrogens is 1. The Morgan fingerprint density at radius 3 is 3.00 bits per heavy atom. The third-order valence-corrected chi connectivity index (χ3v) is 3.67. The van der Waals surface area contributed by atoms with E-state index in [1.807, 2.05) is 11.5 Å². The molecule has 2 heterocycles. The maximum absolute atomic E-state index is 12.0. The Bertz CT molecular complexity index is 442. The van der Waals surface area contributed by atoms with E-state index in [9.17, 15) is 4.79 Å². The molecule has 2 N–H and O–H groups in total. The lowest BCUT2D eigenvalue weighted by atomic mass is 10.1. The molecule has 2 rings (SSSR count). The molecule has 1 amide bonds. The van der Waals surface area contributed by atoms with E-state index >= 15 is 0 Å². The van der Waals surface area contributed by atoms with Crippen LogP contribution in [0.15, 0.2) is 12.3 Å². The first-order valence-corrected chi connectivity index (χ1v) is 7.54. The largest absolute Gasteiger partial charge is 0.376 e. The van der Waals surface area contributed by atoms with Gasteiger partial charge in [-0.25, -0.2) is 0 Å². The Labute approximate surface area is 124 Å². The van der Waals surface area contributed by atoms with Gasteiger partial charge in [0.2, 0.25) is 0 Å². The minimum absolute atomic E-state index is 0.104. The van der Waals surface area contributed by atoms with Gasteiger partial charge in [0.1, 0.15) is 5.69 Å². The Hall–Kier alpha value is -1.04. The average molecular weight is 300 g/mol. The van der Waals surface area contributed by atoms with Crippen LogP contribution in [0.4, 0.5) is 0 Å². The predicted molar refractivity (Wildman–Crippen MR) is 79.3 cm³/mol. The molecule has 0 radical (unpaired) electrons. The minimum atomic E-state index is -0.104.